The zero-order valence-electron chi connectivity index (χ0n) is 16.5. The summed E-state index contributed by atoms with van der Waals surface area (Å²) in [4.78, 5) is 52.3. The van der Waals surface area contributed by atoms with E-state index >= 15 is 0 Å². The topological polar surface area (TPSA) is 122 Å². The van der Waals surface area contributed by atoms with Crippen molar-refractivity contribution in [3.05, 3.63) is 59.9 Å². The van der Waals surface area contributed by atoms with E-state index < -0.39 is 47.8 Å². The number of anilines is 1. The number of carbonyl (C=O) groups excluding carboxylic acids is 4. The molecule has 5 amide bonds. The number of hydrogen-bond donors (Lipinski definition) is 2. The molecule has 3 N–H and O–H groups in total. The Morgan fingerprint density at radius 2 is 1.87 bits per heavy atom. The molecule has 0 saturated carbocycles. The summed E-state index contributed by atoms with van der Waals surface area (Å²) >= 11 is 0. The maximum atomic E-state index is 13.3. The maximum absolute atomic E-state index is 13.3. The van der Waals surface area contributed by atoms with Gasteiger partial charge in [-0.3, -0.25) is 19.3 Å². The Morgan fingerprint density at radius 1 is 1.19 bits per heavy atom. The molecule has 160 valence electrons. The third kappa shape index (κ3) is 3.45. The number of nitrogens with zero attached hydrogens (tertiary/aromatic N) is 2. The highest BCUT2D eigenvalue weighted by Gasteiger charge is 2.50. The molecule has 2 atom stereocenters. The van der Waals surface area contributed by atoms with Gasteiger partial charge in [0.15, 0.2) is 6.10 Å². The summed E-state index contributed by atoms with van der Waals surface area (Å²) in [5.74, 6) is -2.17. The van der Waals surface area contributed by atoms with Gasteiger partial charge in [-0.25, -0.2) is 9.18 Å². The van der Waals surface area contributed by atoms with Gasteiger partial charge in [0.2, 0.25) is 5.91 Å². The minimum Gasteiger partial charge on any atom is -0.477 e. The van der Waals surface area contributed by atoms with Gasteiger partial charge in [-0.2, -0.15) is 0 Å². The van der Waals surface area contributed by atoms with Crippen LogP contribution in [-0.4, -0.2) is 47.8 Å². The molecule has 31 heavy (non-hydrogen) atoms. The number of amides is 5. The van der Waals surface area contributed by atoms with Crippen molar-refractivity contribution < 1.29 is 28.3 Å². The van der Waals surface area contributed by atoms with Gasteiger partial charge in [0, 0.05) is 0 Å². The molecule has 2 aliphatic heterocycles. The molecule has 4 rings (SSSR count). The molecule has 0 radical (unpaired) electrons. The molecule has 0 aliphatic carbocycles. The second-order valence-electron chi connectivity index (χ2n) is 7.43. The molecular weight excluding hydrogens is 407 g/mol. The first-order chi connectivity index (χ1) is 14.7. The molecule has 10 heteroatoms. The summed E-state index contributed by atoms with van der Waals surface area (Å²) in [6.45, 7) is 0.781. The van der Waals surface area contributed by atoms with Crippen LogP contribution in [0.4, 0.5) is 14.9 Å². The van der Waals surface area contributed by atoms with E-state index in [0.29, 0.717) is 17.0 Å². The average Bonchev–Trinajstić information content (AvgIpc) is 2.97. The molecule has 1 saturated heterocycles. The number of benzene rings is 2. The van der Waals surface area contributed by atoms with E-state index in [1.54, 1.807) is 24.3 Å². The molecule has 0 spiro atoms. The number of carbonyl (C=O) groups is 4. The van der Waals surface area contributed by atoms with Crippen LogP contribution in [0, 0.1) is 5.82 Å². The van der Waals surface area contributed by atoms with Crippen LogP contribution in [0.3, 0.4) is 0 Å². The lowest BCUT2D eigenvalue weighted by Crippen LogP contribution is -2.52. The number of nitrogens with two attached hydrogens (primary N) is 1. The summed E-state index contributed by atoms with van der Waals surface area (Å²) in [6.07, 6.45) is -1.06. The number of nitrogens with one attached hydrogen (secondary N) is 1. The van der Waals surface area contributed by atoms with Crippen molar-refractivity contribution in [2.75, 3.05) is 18.0 Å². The standard InChI is InChI=1S/C21H19FN4O5/c1-21(12-6-8-13(22)9-7-12)19(29)26(20(30)24-21)11-17(27)25-10-16(18(23)28)31-15-5-3-2-4-14(15)25/h2-9,16H,10-11H2,1H3,(H2,23,28)(H,24,30). The number of ether oxygens (including phenoxy) is 1. The average molecular weight is 426 g/mol. The van der Waals surface area contributed by atoms with Crippen LogP contribution in [-0.2, 0) is 19.9 Å². The zero-order chi connectivity index (χ0) is 22.3. The summed E-state index contributed by atoms with van der Waals surface area (Å²) in [5.41, 5.74) is 4.69. The van der Waals surface area contributed by atoms with Crippen LogP contribution in [0.15, 0.2) is 48.5 Å². The second-order valence-corrected chi connectivity index (χ2v) is 7.43. The van der Waals surface area contributed by atoms with Crippen molar-refractivity contribution in [2.24, 2.45) is 5.73 Å². The zero-order valence-corrected chi connectivity index (χ0v) is 16.5. The summed E-state index contributed by atoms with van der Waals surface area (Å²) in [5, 5.41) is 2.57. The van der Waals surface area contributed by atoms with Gasteiger partial charge in [0.05, 0.1) is 12.2 Å². The normalized spacial score (nSPS) is 22.6. The Bertz CT molecular complexity index is 1090. The molecule has 2 aromatic rings. The van der Waals surface area contributed by atoms with Crippen molar-refractivity contribution in [3.8, 4) is 5.75 Å². The number of imide groups is 1. The second kappa shape index (κ2) is 7.38. The van der Waals surface area contributed by atoms with E-state index in [-0.39, 0.29) is 6.54 Å². The summed E-state index contributed by atoms with van der Waals surface area (Å²) in [6, 6.07) is 11.0. The van der Waals surface area contributed by atoms with E-state index in [9.17, 15) is 23.6 Å². The van der Waals surface area contributed by atoms with E-state index in [0.717, 1.165) is 4.90 Å². The first-order valence-electron chi connectivity index (χ1n) is 9.46. The Morgan fingerprint density at radius 3 is 2.55 bits per heavy atom. The highest BCUT2D eigenvalue weighted by atomic mass is 19.1. The SMILES string of the molecule is CC1(c2ccc(F)cc2)NC(=O)N(CC(=O)N2CC(C(N)=O)Oc3ccccc32)C1=O. The Hall–Kier alpha value is -3.95. The van der Waals surface area contributed by atoms with Crippen LogP contribution in [0.5, 0.6) is 5.75 Å². The lowest BCUT2D eigenvalue weighted by atomic mass is 9.92. The maximum Gasteiger partial charge on any atom is 0.325 e. The molecule has 0 bridgehead atoms. The number of primary amides is 1. The van der Waals surface area contributed by atoms with Gasteiger partial charge in [-0.1, -0.05) is 24.3 Å². The van der Waals surface area contributed by atoms with E-state index in [1.807, 2.05) is 0 Å². The van der Waals surface area contributed by atoms with Crippen LogP contribution in [0.1, 0.15) is 12.5 Å². The first kappa shape index (κ1) is 20.3. The largest absolute Gasteiger partial charge is 0.477 e. The highest BCUT2D eigenvalue weighted by Crippen LogP contribution is 2.34. The molecule has 0 aromatic heterocycles. The van der Waals surface area contributed by atoms with Crippen LogP contribution >= 0.6 is 0 Å². The van der Waals surface area contributed by atoms with Crippen LogP contribution < -0.4 is 20.7 Å². The predicted molar refractivity (Wildman–Crippen MR) is 106 cm³/mol. The van der Waals surface area contributed by atoms with Gasteiger partial charge >= 0.3 is 6.03 Å². The van der Waals surface area contributed by atoms with Gasteiger partial charge in [-0.05, 0) is 36.8 Å². The lowest BCUT2D eigenvalue weighted by Gasteiger charge is -2.34. The summed E-state index contributed by atoms with van der Waals surface area (Å²) < 4.78 is 18.8. The van der Waals surface area contributed by atoms with Crippen LogP contribution in [0.25, 0.3) is 0 Å². The molecule has 2 aliphatic rings. The number of urea groups is 1. The molecule has 1 fully saturated rings. The van der Waals surface area contributed by atoms with Crippen molar-refractivity contribution in [3.63, 3.8) is 0 Å². The van der Waals surface area contributed by atoms with Gasteiger partial charge in [0.1, 0.15) is 23.7 Å². The third-order valence-corrected chi connectivity index (χ3v) is 5.38. The van der Waals surface area contributed by atoms with Gasteiger partial charge in [-0.15, -0.1) is 0 Å². The lowest BCUT2D eigenvalue weighted by molar-refractivity contribution is -0.134. The Balaban J connectivity index is 1.58. The summed E-state index contributed by atoms with van der Waals surface area (Å²) in [7, 11) is 0. The molecule has 2 heterocycles. The molecule has 2 unspecified atom stereocenters. The van der Waals surface area contributed by atoms with Crippen molar-refractivity contribution in [1.82, 2.24) is 10.2 Å². The fraction of sp³-hybridized carbons (Fsp3) is 0.238. The number of fused-ring (bicyclic) bond motifs is 1. The van der Waals surface area contributed by atoms with Crippen molar-refractivity contribution in [1.29, 1.82) is 0 Å². The number of para-hydroxylation sites is 2. The molecular formula is C21H19FN4O5. The monoisotopic (exact) mass is 426 g/mol. The van der Waals surface area contributed by atoms with Gasteiger partial charge in [0.25, 0.3) is 11.8 Å². The first-order valence-corrected chi connectivity index (χ1v) is 9.46. The van der Waals surface area contributed by atoms with Crippen molar-refractivity contribution >= 4 is 29.4 Å². The number of halogens is 1. The minimum absolute atomic E-state index is 0.149. The molecule has 9 nitrogen and oxygen atoms in total. The van der Waals surface area contributed by atoms with Crippen LogP contribution in [0.2, 0.25) is 0 Å². The highest BCUT2D eigenvalue weighted by molar-refractivity contribution is 6.11. The minimum atomic E-state index is -1.44. The smallest absolute Gasteiger partial charge is 0.325 e. The Kier molecular flexibility index (Phi) is 4.84. The fourth-order valence-electron chi connectivity index (χ4n) is 3.66. The fourth-order valence-corrected chi connectivity index (χ4v) is 3.66. The Labute approximate surface area is 176 Å². The predicted octanol–water partition coefficient (Wildman–Crippen LogP) is 0.872. The number of rotatable bonds is 4. The quantitative estimate of drug-likeness (QED) is 0.703. The van der Waals surface area contributed by atoms with E-state index in [2.05, 4.69) is 5.32 Å². The molecule has 2 aromatic carbocycles. The van der Waals surface area contributed by atoms with E-state index in [4.69, 9.17) is 10.5 Å². The number of hydrogen-bond acceptors (Lipinski definition) is 5. The third-order valence-electron chi connectivity index (χ3n) is 5.38. The van der Waals surface area contributed by atoms with E-state index in [1.165, 1.54) is 36.1 Å². The van der Waals surface area contributed by atoms with Crippen molar-refractivity contribution in [2.45, 2.75) is 18.6 Å². The van der Waals surface area contributed by atoms with Gasteiger partial charge < -0.3 is 20.7 Å².